The monoisotopic (exact) mass is 352 g/mol. The van der Waals surface area contributed by atoms with Crippen LogP contribution in [-0.2, 0) is 0 Å². The Hall–Kier alpha value is -0.600. The van der Waals surface area contributed by atoms with E-state index in [1.165, 1.54) is 11.1 Å². The lowest BCUT2D eigenvalue weighted by Gasteiger charge is -2.11. The molecule has 1 aromatic carbocycles. The summed E-state index contributed by atoms with van der Waals surface area (Å²) in [4.78, 5) is 0. The molecular weight excluding hydrogens is 340 g/mol. The van der Waals surface area contributed by atoms with E-state index in [9.17, 15) is 0 Å². The van der Waals surface area contributed by atoms with Crippen molar-refractivity contribution >= 4 is 50.1 Å². The van der Waals surface area contributed by atoms with E-state index in [4.69, 9.17) is 0 Å². The molecule has 0 spiro atoms. The summed E-state index contributed by atoms with van der Waals surface area (Å²) in [5, 5.41) is 0. The Bertz CT molecular complexity index is 498. The summed E-state index contributed by atoms with van der Waals surface area (Å²) >= 11 is 7.34. The van der Waals surface area contributed by atoms with Crippen LogP contribution in [0.1, 0.15) is 34.6 Å². The molecule has 17 heavy (non-hydrogen) atoms. The first-order valence-corrected chi connectivity index (χ1v) is 7.05. The first-order chi connectivity index (χ1) is 8.03. The lowest BCUT2D eigenvalue weighted by atomic mass is 9.95. The highest BCUT2D eigenvalue weighted by molar-refractivity contribution is 9.25. The number of hydrogen-bond acceptors (Lipinski definition) is 0. The van der Waals surface area contributed by atoms with Gasteiger partial charge < -0.3 is 0 Å². The van der Waals surface area contributed by atoms with Crippen molar-refractivity contribution in [3.63, 3.8) is 0 Å². The highest BCUT2D eigenvalue weighted by Gasteiger charge is 2.51. The smallest absolute Gasteiger partial charge is 0.0881 e. The minimum absolute atomic E-state index is 0.0614. The maximum atomic E-state index is 3.89. The molecule has 2 rings (SSSR count). The summed E-state index contributed by atoms with van der Waals surface area (Å²) in [6, 6.07) is 4.32. The molecule has 1 fully saturated rings. The van der Waals surface area contributed by atoms with Crippen molar-refractivity contribution in [2.45, 2.75) is 15.6 Å². The van der Waals surface area contributed by atoms with Gasteiger partial charge in [-0.2, -0.15) is 0 Å². The van der Waals surface area contributed by atoms with Crippen molar-refractivity contribution in [1.29, 1.82) is 0 Å². The van der Waals surface area contributed by atoms with Gasteiger partial charge in [-0.05, 0) is 34.7 Å². The quantitative estimate of drug-likeness (QED) is 0.619. The fraction of sp³-hybridized carbons (Fsp3) is 0.200. The Morgan fingerprint density at radius 3 is 1.88 bits per heavy atom. The second-order valence-corrected chi connectivity index (χ2v) is 8.13. The summed E-state index contributed by atoms with van der Waals surface area (Å²) in [6.45, 7) is 11.6. The number of alkyl halides is 2. The second kappa shape index (κ2) is 4.58. The molecule has 0 radical (unpaired) electrons. The summed E-state index contributed by atoms with van der Waals surface area (Å²) in [6.07, 6.45) is 6.73. The first kappa shape index (κ1) is 12.8. The van der Waals surface area contributed by atoms with E-state index in [1.807, 2.05) is 18.2 Å². The van der Waals surface area contributed by atoms with E-state index in [1.54, 1.807) is 0 Å². The average Bonchev–Trinajstić information content (AvgIpc) is 2.96. The Morgan fingerprint density at radius 1 is 1.00 bits per heavy atom. The largest absolute Gasteiger partial charge is 0.0985 e. The van der Waals surface area contributed by atoms with Gasteiger partial charge in [0.2, 0.25) is 0 Å². The first-order valence-electron chi connectivity index (χ1n) is 5.46. The Labute approximate surface area is 119 Å². The van der Waals surface area contributed by atoms with E-state index in [0.717, 1.165) is 17.5 Å². The zero-order chi connectivity index (χ0) is 12.6. The van der Waals surface area contributed by atoms with Gasteiger partial charge in [0.1, 0.15) is 0 Å². The molecule has 1 aliphatic rings. The van der Waals surface area contributed by atoms with Crippen LogP contribution in [0.15, 0.2) is 31.9 Å². The third kappa shape index (κ3) is 2.34. The molecule has 0 saturated heterocycles. The average molecular weight is 354 g/mol. The molecule has 2 heteroatoms. The van der Waals surface area contributed by atoms with Gasteiger partial charge in [0, 0.05) is 5.92 Å². The Balaban J connectivity index is 2.55. The molecule has 0 N–H and O–H groups in total. The van der Waals surface area contributed by atoms with Crippen molar-refractivity contribution in [2.24, 2.45) is 0 Å². The molecular formula is C15H14Br2. The van der Waals surface area contributed by atoms with Gasteiger partial charge in [0.25, 0.3) is 0 Å². The van der Waals surface area contributed by atoms with Crippen LogP contribution < -0.4 is 0 Å². The van der Waals surface area contributed by atoms with Crippen molar-refractivity contribution in [2.75, 3.05) is 0 Å². The molecule has 1 atom stereocenters. The normalized spacial score (nSPS) is 20.7. The van der Waals surface area contributed by atoms with Crippen LogP contribution >= 0.6 is 31.9 Å². The molecule has 0 aliphatic heterocycles. The summed E-state index contributed by atoms with van der Waals surface area (Å²) in [5.41, 5.74) is 4.72. The molecule has 1 aliphatic carbocycles. The van der Waals surface area contributed by atoms with E-state index in [-0.39, 0.29) is 3.23 Å². The van der Waals surface area contributed by atoms with Gasteiger partial charge in [0.15, 0.2) is 0 Å². The summed E-state index contributed by atoms with van der Waals surface area (Å²) < 4.78 is 0.0614. The van der Waals surface area contributed by atoms with Gasteiger partial charge in [-0.1, -0.05) is 75.9 Å². The van der Waals surface area contributed by atoms with Crippen molar-refractivity contribution < 1.29 is 0 Å². The molecule has 0 heterocycles. The maximum absolute atomic E-state index is 3.89. The van der Waals surface area contributed by atoms with Crippen LogP contribution in [0.4, 0.5) is 0 Å². The zero-order valence-corrected chi connectivity index (χ0v) is 12.7. The highest BCUT2D eigenvalue weighted by Crippen LogP contribution is 2.63. The fourth-order valence-electron chi connectivity index (χ4n) is 2.05. The van der Waals surface area contributed by atoms with Gasteiger partial charge in [-0.3, -0.25) is 0 Å². The number of hydrogen-bond donors (Lipinski definition) is 0. The molecule has 0 amide bonds. The third-order valence-corrected chi connectivity index (χ3v) is 4.90. The summed E-state index contributed by atoms with van der Waals surface area (Å²) in [7, 11) is 0. The molecule has 0 nitrogen and oxygen atoms in total. The summed E-state index contributed by atoms with van der Waals surface area (Å²) in [5.74, 6) is 0.494. The third-order valence-electron chi connectivity index (χ3n) is 3.15. The highest BCUT2D eigenvalue weighted by atomic mass is 79.9. The number of halogens is 2. The zero-order valence-electron chi connectivity index (χ0n) is 9.55. The van der Waals surface area contributed by atoms with E-state index in [0.29, 0.717) is 5.92 Å². The van der Waals surface area contributed by atoms with Gasteiger partial charge in [0.05, 0.1) is 3.23 Å². The predicted octanol–water partition coefficient (Wildman–Crippen LogP) is 5.59. The van der Waals surface area contributed by atoms with Crippen LogP contribution in [0.3, 0.4) is 0 Å². The minimum atomic E-state index is 0.0614. The molecule has 0 bridgehead atoms. The lowest BCUT2D eigenvalue weighted by Crippen LogP contribution is -1.95. The molecule has 1 saturated carbocycles. The van der Waals surface area contributed by atoms with Gasteiger partial charge in [-0.15, -0.1) is 0 Å². The molecule has 1 aromatic rings. The predicted molar refractivity (Wildman–Crippen MR) is 84.7 cm³/mol. The van der Waals surface area contributed by atoms with Crippen LogP contribution in [-0.4, -0.2) is 3.23 Å². The number of benzene rings is 1. The second-order valence-electron chi connectivity index (χ2n) is 4.24. The van der Waals surface area contributed by atoms with E-state index < -0.39 is 0 Å². The van der Waals surface area contributed by atoms with E-state index in [2.05, 4.69) is 63.7 Å². The van der Waals surface area contributed by atoms with Crippen molar-refractivity contribution in [1.82, 2.24) is 0 Å². The Kier molecular flexibility index (Phi) is 3.46. The van der Waals surface area contributed by atoms with Gasteiger partial charge in [-0.25, -0.2) is 0 Å². The SMILES string of the molecule is C=Cc1cc(C=C)c(C2CC2(Br)Br)cc1C=C. The van der Waals surface area contributed by atoms with Crippen molar-refractivity contribution in [3.05, 3.63) is 54.1 Å². The van der Waals surface area contributed by atoms with Crippen LogP contribution in [0.2, 0.25) is 0 Å². The number of rotatable bonds is 4. The minimum Gasteiger partial charge on any atom is -0.0985 e. The van der Waals surface area contributed by atoms with Crippen LogP contribution in [0, 0.1) is 0 Å². The molecule has 1 unspecified atom stereocenters. The molecule has 88 valence electrons. The fourth-order valence-corrected chi connectivity index (χ4v) is 3.19. The van der Waals surface area contributed by atoms with Crippen LogP contribution in [0.5, 0.6) is 0 Å². The van der Waals surface area contributed by atoms with E-state index >= 15 is 0 Å². The van der Waals surface area contributed by atoms with Gasteiger partial charge >= 0.3 is 0 Å². The van der Waals surface area contributed by atoms with Crippen LogP contribution in [0.25, 0.3) is 18.2 Å². The maximum Gasteiger partial charge on any atom is 0.0881 e. The Morgan fingerprint density at radius 2 is 1.47 bits per heavy atom. The van der Waals surface area contributed by atoms with Crippen molar-refractivity contribution in [3.8, 4) is 0 Å². The standard InChI is InChI=1S/C15H14Br2/c1-4-10-7-12(6-3)13(8-11(10)5-2)14-9-15(14,16)17/h4-8,14H,1-3,9H2. The molecule has 0 aromatic heterocycles. The topological polar surface area (TPSA) is 0 Å². The lowest BCUT2D eigenvalue weighted by molar-refractivity contribution is 1.12.